The minimum absolute atomic E-state index is 0.231. The van der Waals surface area contributed by atoms with Gasteiger partial charge in [-0.3, -0.25) is 0 Å². The zero-order chi connectivity index (χ0) is 14.5. The molecule has 0 fully saturated rings. The molecular weight excluding hydrogens is 340 g/mol. The summed E-state index contributed by atoms with van der Waals surface area (Å²) in [6.07, 6.45) is 0. The van der Waals surface area contributed by atoms with Gasteiger partial charge >= 0.3 is 6.03 Å². The lowest BCUT2D eigenvalue weighted by atomic mass is 10.2. The van der Waals surface area contributed by atoms with Crippen LogP contribution in [-0.4, -0.2) is 6.03 Å². The van der Waals surface area contributed by atoms with Crippen LogP contribution in [0, 0.1) is 6.92 Å². The van der Waals surface area contributed by atoms with Crippen molar-refractivity contribution < 1.29 is 4.79 Å². The number of aryl methyl sites for hydroxylation is 1. The van der Waals surface area contributed by atoms with E-state index >= 15 is 0 Å². The molecule has 0 spiro atoms. The number of rotatable bonds is 3. The molecule has 2 aromatic rings. The molecule has 5 heteroatoms. The zero-order valence-corrected chi connectivity index (χ0v) is 13.3. The summed E-state index contributed by atoms with van der Waals surface area (Å²) < 4.78 is 0.988. The van der Waals surface area contributed by atoms with Gasteiger partial charge < -0.3 is 10.6 Å². The Kier molecular flexibility index (Phi) is 5.04. The smallest absolute Gasteiger partial charge is 0.319 e. The second-order valence-corrected chi connectivity index (χ2v) is 5.75. The van der Waals surface area contributed by atoms with Gasteiger partial charge in [-0.25, -0.2) is 4.79 Å². The molecule has 3 nitrogen and oxygen atoms in total. The fourth-order valence-corrected chi connectivity index (χ4v) is 2.32. The lowest BCUT2D eigenvalue weighted by Gasteiger charge is -2.10. The monoisotopic (exact) mass is 352 g/mol. The van der Waals surface area contributed by atoms with E-state index in [9.17, 15) is 4.79 Å². The molecule has 0 saturated heterocycles. The van der Waals surface area contributed by atoms with Crippen LogP contribution in [0.2, 0.25) is 5.02 Å². The first kappa shape index (κ1) is 14.9. The number of carbonyl (C=O) groups is 1. The fraction of sp³-hybridized carbons (Fsp3) is 0.133. The molecule has 0 atom stereocenters. The van der Waals surface area contributed by atoms with Crippen LogP contribution in [0.4, 0.5) is 10.5 Å². The van der Waals surface area contributed by atoms with Gasteiger partial charge in [0.05, 0.1) is 0 Å². The summed E-state index contributed by atoms with van der Waals surface area (Å²) in [5.74, 6) is 0. The molecule has 20 heavy (non-hydrogen) atoms. The Morgan fingerprint density at radius 2 is 1.90 bits per heavy atom. The third-order valence-electron chi connectivity index (χ3n) is 2.80. The van der Waals surface area contributed by atoms with Gasteiger partial charge in [0.2, 0.25) is 0 Å². The van der Waals surface area contributed by atoms with Gasteiger partial charge in [-0.1, -0.05) is 39.7 Å². The van der Waals surface area contributed by atoms with Crippen molar-refractivity contribution in [3.63, 3.8) is 0 Å². The van der Waals surface area contributed by atoms with Gasteiger partial charge in [0, 0.05) is 21.7 Å². The van der Waals surface area contributed by atoms with Crippen LogP contribution in [-0.2, 0) is 6.54 Å². The average Bonchev–Trinajstić information content (AvgIpc) is 2.41. The van der Waals surface area contributed by atoms with Gasteiger partial charge in [-0.2, -0.15) is 0 Å². The number of halogens is 2. The molecule has 0 aromatic heterocycles. The summed E-state index contributed by atoms with van der Waals surface area (Å²) in [4.78, 5) is 11.8. The highest BCUT2D eigenvalue weighted by Gasteiger charge is 2.04. The van der Waals surface area contributed by atoms with Crippen LogP contribution in [0.15, 0.2) is 46.9 Å². The molecule has 0 heterocycles. The van der Waals surface area contributed by atoms with E-state index < -0.39 is 0 Å². The molecule has 2 N–H and O–H groups in total. The van der Waals surface area contributed by atoms with Crippen molar-refractivity contribution in [3.05, 3.63) is 63.1 Å². The Morgan fingerprint density at radius 1 is 1.20 bits per heavy atom. The highest BCUT2D eigenvalue weighted by molar-refractivity contribution is 9.10. The number of carbonyl (C=O) groups excluding carboxylic acids is 1. The topological polar surface area (TPSA) is 41.1 Å². The van der Waals surface area contributed by atoms with Gasteiger partial charge in [0.25, 0.3) is 0 Å². The van der Waals surface area contributed by atoms with E-state index in [0.29, 0.717) is 11.6 Å². The van der Waals surface area contributed by atoms with Crippen LogP contribution in [0.1, 0.15) is 11.1 Å². The standard InChI is InChI=1S/C15H14BrClN2O/c1-10-8-12(16)4-7-14(10)19-15(20)18-9-11-2-5-13(17)6-3-11/h2-8H,9H2,1H3,(H2,18,19,20). The maximum Gasteiger partial charge on any atom is 0.319 e. The van der Waals surface area contributed by atoms with Gasteiger partial charge in [0.15, 0.2) is 0 Å². The van der Waals surface area contributed by atoms with E-state index in [1.54, 1.807) is 12.1 Å². The Balaban J connectivity index is 1.90. The van der Waals surface area contributed by atoms with Gasteiger partial charge in [-0.15, -0.1) is 0 Å². The van der Waals surface area contributed by atoms with Crippen LogP contribution in [0.5, 0.6) is 0 Å². The molecule has 104 valence electrons. The second-order valence-electron chi connectivity index (χ2n) is 4.39. The Hall–Kier alpha value is -1.52. The largest absolute Gasteiger partial charge is 0.334 e. The number of anilines is 1. The maximum absolute atomic E-state index is 11.8. The third-order valence-corrected chi connectivity index (χ3v) is 3.55. The molecule has 0 unspecified atom stereocenters. The molecule has 0 saturated carbocycles. The van der Waals surface area contributed by atoms with Gasteiger partial charge in [-0.05, 0) is 48.4 Å². The number of benzene rings is 2. The van der Waals surface area contributed by atoms with E-state index in [1.807, 2.05) is 37.3 Å². The maximum atomic E-state index is 11.8. The van der Waals surface area contributed by atoms with Crippen LogP contribution in [0.3, 0.4) is 0 Å². The third kappa shape index (κ3) is 4.25. The fourth-order valence-electron chi connectivity index (χ4n) is 1.72. The van der Waals surface area contributed by atoms with Gasteiger partial charge in [0.1, 0.15) is 0 Å². The van der Waals surface area contributed by atoms with Crippen molar-refractivity contribution in [2.75, 3.05) is 5.32 Å². The highest BCUT2D eigenvalue weighted by Crippen LogP contribution is 2.19. The van der Waals surface area contributed by atoms with Crippen molar-refractivity contribution in [2.24, 2.45) is 0 Å². The average molecular weight is 354 g/mol. The summed E-state index contributed by atoms with van der Waals surface area (Å²) in [5.41, 5.74) is 2.79. The zero-order valence-electron chi connectivity index (χ0n) is 10.9. The van der Waals surface area contributed by atoms with E-state index in [0.717, 1.165) is 21.3 Å². The number of nitrogens with one attached hydrogen (secondary N) is 2. The first-order valence-corrected chi connectivity index (χ1v) is 7.27. The Labute approximate surface area is 131 Å². The summed E-state index contributed by atoms with van der Waals surface area (Å²) in [5, 5.41) is 6.31. The summed E-state index contributed by atoms with van der Waals surface area (Å²) in [7, 11) is 0. The van der Waals surface area contributed by atoms with Crippen molar-refractivity contribution >= 4 is 39.2 Å². The molecule has 0 aliphatic heterocycles. The summed E-state index contributed by atoms with van der Waals surface area (Å²) in [6.45, 7) is 2.40. The number of urea groups is 1. The number of hydrogen-bond donors (Lipinski definition) is 2. The lowest BCUT2D eigenvalue weighted by molar-refractivity contribution is 0.251. The normalized spacial score (nSPS) is 10.2. The number of amides is 2. The summed E-state index contributed by atoms with van der Waals surface area (Å²) >= 11 is 9.20. The Morgan fingerprint density at radius 3 is 2.55 bits per heavy atom. The molecule has 2 amide bonds. The first-order valence-electron chi connectivity index (χ1n) is 6.10. The molecular formula is C15H14BrClN2O. The van der Waals surface area contributed by atoms with Crippen molar-refractivity contribution in [3.8, 4) is 0 Å². The molecule has 0 bridgehead atoms. The summed E-state index contributed by atoms with van der Waals surface area (Å²) in [6, 6.07) is 12.8. The van der Waals surface area contributed by atoms with E-state index in [2.05, 4.69) is 26.6 Å². The van der Waals surface area contributed by atoms with Crippen molar-refractivity contribution in [1.29, 1.82) is 0 Å². The van der Waals surface area contributed by atoms with Crippen LogP contribution >= 0.6 is 27.5 Å². The second kappa shape index (κ2) is 6.77. The molecule has 0 aliphatic rings. The van der Waals surface area contributed by atoms with Crippen molar-refractivity contribution in [2.45, 2.75) is 13.5 Å². The predicted octanol–water partition coefficient (Wildman–Crippen LogP) is 4.73. The van der Waals surface area contributed by atoms with E-state index in [1.165, 1.54) is 0 Å². The minimum Gasteiger partial charge on any atom is -0.334 e. The SMILES string of the molecule is Cc1cc(Br)ccc1NC(=O)NCc1ccc(Cl)cc1. The molecule has 0 radical (unpaired) electrons. The predicted molar refractivity (Wildman–Crippen MR) is 86.2 cm³/mol. The van der Waals surface area contributed by atoms with E-state index in [-0.39, 0.29) is 6.03 Å². The highest BCUT2D eigenvalue weighted by atomic mass is 79.9. The van der Waals surface area contributed by atoms with Crippen molar-refractivity contribution in [1.82, 2.24) is 5.32 Å². The molecule has 2 rings (SSSR count). The van der Waals surface area contributed by atoms with Crippen LogP contribution in [0.25, 0.3) is 0 Å². The molecule has 0 aliphatic carbocycles. The minimum atomic E-state index is -0.231. The lowest BCUT2D eigenvalue weighted by Crippen LogP contribution is -2.28. The number of hydrogen-bond acceptors (Lipinski definition) is 1. The van der Waals surface area contributed by atoms with Crippen LogP contribution < -0.4 is 10.6 Å². The first-order chi connectivity index (χ1) is 9.54. The molecule has 2 aromatic carbocycles. The quantitative estimate of drug-likeness (QED) is 0.822. The Bertz CT molecular complexity index is 614. The van der Waals surface area contributed by atoms with E-state index in [4.69, 9.17) is 11.6 Å².